The van der Waals surface area contributed by atoms with Crippen LogP contribution in [-0.4, -0.2) is 35.1 Å². The van der Waals surface area contributed by atoms with Crippen molar-refractivity contribution in [3.8, 4) is 0 Å². The smallest absolute Gasteiger partial charge is 0.259 e. The molecule has 0 spiro atoms. The van der Waals surface area contributed by atoms with Gasteiger partial charge in [-0.15, -0.1) is 0 Å². The quantitative estimate of drug-likeness (QED) is 0.771. The number of fused-ring (bicyclic) bond motifs is 3. The predicted octanol–water partition coefficient (Wildman–Crippen LogP) is 1.69. The van der Waals surface area contributed by atoms with Crippen molar-refractivity contribution < 1.29 is 4.79 Å². The van der Waals surface area contributed by atoms with Gasteiger partial charge in [-0.3, -0.25) is 9.79 Å². The lowest BCUT2D eigenvalue weighted by Gasteiger charge is -2.31. The van der Waals surface area contributed by atoms with Crippen LogP contribution in [0.1, 0.15) is 32.6 Å². The summed E-state index contributed by atoms with van der Waals surface area (Å²) in [6.45, 7) is 2.04. The second-order valence-electron chi connectivity index (χ2n) is 4.80. The molecule has 4 nitrogen and oxygen atoms in total. The number of likely N-dealkylation sites (N-methyl/N-ethyl adjacent to an activating group) is 1. The molecule has 2 atom stereocenters. The van der Waals surface area contributed by atoms with Crippen molar-refractivity contribution in [3.63, 3.8) is 0 Å². The lowest BCUT2D eigenvalue weighted by atomic mass is 9.90. The first-order valence-electron chi connectivity index (χ1n) is 6.20. The Morgan fingerprint density at radius 3 is 3.00 bits per heavy atom. The Bertz CT molecular complexity index is 429. The molecule has 1 fully saturated rings. The molecule has 0 radical (unpaired) electrons. The van der Waals surface area contributed by atoms with Gasteiger partial charge in [0.05, 0.1) is 17.0 Å². The van der Waals surface area contributed by atoms with Crippen LogP contribution in [0.15, 0.2) is 15.6 Å². The number of hydrogen-bond acceptors (Lipinski definition) is 4. The molecule has 5 heteroatoms. The first kappa shape index (κ1) is 11.1. The maximum atomic E-state index is 11.7. The van der Waals surface area contributed by atoms with E-state index in [1.807, 2.05) is 6.92 Å². The Kier molecular flexibility index (Phi) is 2.65. The van der Waals surface area contributed by atoms with Crippen molar-refractivity contribution >= 4 is 22.8 Å². The normalized spacial score (nSPS) is 31.2. The van der Waals surface area contributed by atoms with E-state index in [0.29, 0.717) is 12.1 Å². The number of nitrogens with zero attached hydrogens (tertiary/aromatic N) is 2. The molecule has 0 aromatic carbocycles. The number of amidine groups is 1. The number of thioether (sulfide) groups is 1. The third-order valence-electron chi connectivity index (χ3n) is 3.82. The summed E-state index contributed by atoms with van der Waals surface area (Å²) < 4.78 is 0. The molecule has 3 rings (SSSR count). The highest BCUT2D eigenvalue weighted by molar-refractivity contribution is 8.18. The van der Waals surface area contributed by atoms with Gasteiger partial charge in [-0.25, -0.2) is 0 Å². The van der Waals surface area contributed by atoms with Crippen LogP contribution in [0, 0.1) is 0 Å². The second-order valence-corrected chi connectivity index (χ2v) is 5.77. The molecule has 0 bridgehead atoms. The van der Waals surface area contributed by atoms with Gasteiger partial charge in [0, 0.05) is 12.7 Å². The number of rotatable bonds is 1. The maximum absolute atomic E-state index is 11.7. The molecule has 2 aliphatic heterocycles. The molecule has 2 heterocycles. The van der Waals surface area contributed by atoms with Gasteiger partial charge in [-0.05, 0) is 31.5 Å². The highest BCUT2D eigenvalue weighted by Crippen LogP contribution is 2.44. The summed E-state index contributed by atoms with van der Waals surface area (Å²) in [6.07, 6.45) is 4.99. The number of carbonyl (C=O) groups is 1. The van der Waals surface area contributed by atoms with E-state index in [0.717, 1.165) is 15.8 Å². The van der Waals surface area contributed by atoms with Crippen molar-refractivity contribution in [2.45, 2.75) is 44.7 Å². The summed E-state index contributed by atoms with van der Waals surface area (Å²) in [5.74, 6) is 0.0111. The molecule has 0 unspecified atom stereocenters. The number of carbonyl (C=O) groups excluding carboxylic acids is 1. The lowest BCUT2D eigenvalue weighted by molar-refractivity contribution is -0.116. The third kappa shape index (κ3) is 1.59. The zero-order chi connectivity index (χ0) is 12.0. The fraction of sp³-hybridized carbons (Fsp3) is 0.667. The highest BCUT2D eigenvalue weighted by Gasteiger charge is 2.44. The van der Waals surface area contributed by atoms with Crippen LogP contribution in [0.4, 0.5) is 0 Å². The maximum Gasteiger partial charge on any atom is 0.259 e. The Labute approximate surface area is 106 Å². The summed E-state index contributed by atoms with van der Waals surface area (Å²) >= 11 is 1.53. The number of allylic oxidation sites excluding steroid dienone is 1. The van der Waals surface area contributed by atoms with Gasteiger partial charge in [-0.1, -0.05) is 12.8 Å². The molecule has 0 aromatic rings. The van der Waals surface area contributed by atoms with Crippen LogP contribution in [-0.2, 0) is 4.79 Å². The molecule has 0 aromatic heterocycles. The van der Waals surface area contributed by atoms with Crippen LogP contribution < -0.4 is 5.32 Å². The number of nitrogens with one attached hydrogen (secondary N) is 1. The van der Waals surface area contributed by atoms with Crippen LogP contribution >= 0.6 is 11.8 Å². The summed E-state index contributed by atoms with van der Waals surface area (Å²) in [5, 5.41) is 3.74. The minimum absolute atomic E-state index is 0.0111. The predicted molar refractivity (Wildman–Crippen MR) is 69.7 cm³/mol. The largest absolute Gasteiger partial charge is 0.355 e. The molecule has 3 aliphatic rings. The van der Waals surface area contributed by atoms with E-state index in [9.17, 15) is 4.79 Å². The highest BCUT2D eigenvalue weighted by atomic mass is 32.2. The molecule has 0 saturated heterocycles. The Hall–Kier alpha value is -0.970. The first-order valence-corrected chi connectivity index (χ1v) is 7.02. The van der Waals surface area contributed by atoms with Crippen LogP contribution in [0.25, 0.3) is 0 Å². The van der Waals surface area contributed by atoms with Crippen molar-refractivity contribution in [1.82, 2.24) is 10.2 Å². The van der Waals surface area contributed by atoms with Gasteiger partial charge >= 0.3 is 0 Å². The van der Waals surface area contributed by atoms with Gasteiger partial charge in [-0.2, -0.15) is 0 Å². The minimum atomic E-state index is 0.0111. The van der Waals surface area contributed by atoms with Gasteiger partial charge in [0.2, 0.25) is 0 Å². The summed E-state index contributed by atoms with van der Waals surface area (Å²) in [5.41, 5.74) is 1.09. The molecule has 17 heavy (non-hydrogen) atoms. The average Bonchev–Trinajstić information content (AvgIpc) is 2.85. The number of amides is 1. The van der Waals surface area contributed by atoms with Crippen LogP contribution in [0.3, 0.4) is 0 Å². The first-order chi connectivity index (χ1) is 8.22. The molecular weight excluding hydrogens is 234 g/mol. The van der Waals surface area contributed by atoms with Gasteiger partial charge in [0.15, 0.2) is 5.17 Å². The fourth-order valence-electron chi connectivity index (χ4n) is 2.96. The van der Waals surface area contributed by atoms with E-state index in [1.54, 1.807) is 7.05 Å². The molecule has 1 saturated carbocycles. The zero-order valence-electron chi connectivity index (χ0n) is 10.2. The Morgan fingerprint density at radius 2 is 2.24 bits per heavy atom. The standard InChI is InChI=1S/C12H17N3OS/c1-7-10(11(16)13-2)17-12-14-8-5-3-4-6-9(8)15(7)12/h8-9H,3-6H2,1-2H3,(H,13,16)/t8-,9-/m0/s1. The van der Waals surface area contributed by atoms with Crippen molar-refractivity contribution in [2.75, 3.05) is 7.05 Å². The summed E-state index contributed by atoms with van der Waals surface area (Å²) in [7, 11) is 1.68. The van der Waals surface area contributed by atoms with Gasteiger partial charge in [0.1, 0.15) is 0 Å². The van der Waals surface area contributed by atoms with E-state index in [2.05, 4.69) is 10.2 Å². The van der Waals surface area contributed by atoms with Crippen molar-refractivity contribution in [2.24, 2.45) is 4.99 Å². The minimum Gasteiger partial charge on any atom is -0.355 e. The van der Waals surface area contributed by atoms with E-state index in [1.165, 1.54) is 37.4 Å². The SMILES string of the molecule is CNC(=O)C1=C(C)N2C(=N[C@H]3CCCC[C@@H]32)S1. The lowest BCUT2D eigenvalue weighted by Crippen LogP contribution is -2.38. The molecule has 1 N–H and O–H groups in total. The van der Waals surface area contributed by atoms with Crippen LogP contribution in [0.2, 0.25) is 0 Å². The number of hydrogen-bond donors (Lipinski definition) is 1. The molecular formula is C12H17N3OS. The van der Waals surface area contributed by atoms with Crippen molar-refractivity contribution in [1.29, 1.82) is 0 Å². The zero-order valence-corrected chi connectivity index (χ0v) is 11.0. The third-order valence-corrected chi connectivity index (χ3v) is 4.99. The van der Waals surface area contributed by atoms with Gasteiger partial charge in [0.25, 0.3) is 5.91 Å². The summed E-state index contributed by atoms with van der Waals surface area (Å²) in [4.78, 5) is 19.6. The second kappa shape index (κ2) is 4.05. The van der Waals surface area contributed by atoms with E-state index in [4.69, 9.17) is 4.99 Å². The van der Waals surface area contributed by atoms with E-state index in [-0.39, 0.29) is 5.91 Å². The monoisotopic (exact) mass is 251 g/mol. The molecule has 1 amide bonds. The van der Waals surface area contributed by atoms with Gasteiger partial charge < -0.3 is 10.2 Å². The fourth-order valence-corrected chi connectivity index (χ4v) is 4.14. The molecule has 92 valence electrons. The number of aliphatic imine (C=N–C) groups is 1. The molecule has 1 aliphatic carbocycles. The average molecular weight is 251 g/mol. The summed E-state index contributed by atoms with van der Waals surface area (Å²) in [6, 6.07) is 0.973. The Morgan fingerprint density at radius 1 is 1.47 bits per heavy atom. The van der Waals surface area contributed by atoms with Crippen molar-refractivity contribution in [3.05, 3.63) is 10.6 Å². The topological polar surface area (TPSA) is 44.7 Å². The van der Waals surface area contributed by atoms with E-state index >= 15 is 0 Å². The van der Waals surface area contributed by atoms with Crippen LogP contribution in [0.5, 0.6) is 0 Å². The Balaban J connectivity index is 1.90. The van der Waals surface area contributed by atoms with E-state index < -0.39 is 0 Å².